The lowest BCUT2D eigenvalue weighted by Crippen LogP contribution is -2.67. The number of amides is 2. The Kier molecular flexibility index (Phi) is 4.25. The number of likely N-dealkylation sites (N-methyl/N-ethyl adjacent to an activating group) is 1. The molecule has 31 heavy (non-hydrogen) atoms. The average molecular weight is 416 g/mol. The van der Waals surface area contributed by atoms with Gasteiger partial charge in [-0.25, -0.2) is 14.8 Å². The topological polar surface area (TPSA) is 92.7 Å². The maximum atomic E-state index is 13.4. The molecule has 8 heteroatoms. The molecule has 1 fully saturated rings. The fourth-order valence-corrected chi connectivity index (χ4v) is 4.40. The number of esters is 1. The minimum Gasteiger partial charge on any atom is -0.456 e. The third-order valence-electron chi connectivity index (χ3n) is 6.05. The maximum Gasteiger partial charge on any atom is 0.354 e. The van der Waals surface area contributed by atoms with Crippen LogP contribution in [0.2, 0.25) is 0 Å². The van der Waals surface area contributed by atoms with Crippen molar-refractivity contribution in [1.82, 2.24) is 14.9 Å². The van der Waals surface area contributed by atoms with Crippen LogP contribution in [-0.4, -0.2) is 45.4 Å². The number of hydrogen-bond acceptors (Lipinski definition) is 6. The summed E-state index contributed by atoms with van der Waals surface area (Å²) in [5, 5.41) is 0. The van der Waals surface area contributed by atoms with E-state index in [1.54, 1.807) is 31.2 Å². The number of aryl methyl sites for hydroxylation is 1. The molecule has 1 saturated heterocycles. The zero-order valence-corrected chi connectivity index (χ0v) is 17.2. The molecule has 0 saturated carbocycles. The molecule has 2 aliphatic rings. The predicted molar refractivity (Wildman–Crippen MR) is 112 cm³/mol. The smallest absolute Gasteiger partial charge is 0.354 e. The van der Waals surface area contributed by atoms with Gasteiger partial charge in [-0.3, -0.25) is 14.5 Å². The molecule has 3 heterocycles. The zero-order chi connectivity index (χ0) is 21.8. The van der Waals surface area contributed by atoms with Gasteiger partial charge in [-0.1, -0.05) is 24.3 Å². The number of para-hydroxylation sites is 3. The van der Waals surface area contributed by atoms with Gasteiger partial charge in [-0.05, 0) is 31.2 Å². The van der Waals surface area contributed by atoms with Gasteiger partial charge in [0.2, 0.25) is 11.6 Å². The maximum absolute atomic E-state index is 13.4. The molecule has 2 amide bonds. The van der Waals surface area contributed by atoms with Crippen LogP contribution >= 0.6 is 0 Å². The lowest BCUT2D eigenvalue weighted by atomic mass is 9.97. The first-order valence-corrected chi connectivity index (χ1v) is 10.0. The Labute approximate surface area is 178 Å². The van der Waals surface area contributed by atoms with Gasteiger partial charge in [0.15, 0.2) is 0 Å². The summed E-state index contributed by atoms with van der Waals surface area (Å²) in [6.07, 6.45) is 0.319. The normalized spacial score (nSPS) is 20.1. The van der Waals surface area contributed by atoms with Crippen LogP contribution in [0.4, 0.5) is 5.69 Å². The van der Waals surface area contributed by atoms with Gasteiger partial charge in [0.05, 0.1) is 33.7 Å². The predicted octanol–water partition coefficient (Wildman–Crippen LogP) is 2.59. The molecule has 156 valence electrons. The number of ether oxygens (including phenoxy) is 1. The van der Waals surface area contributed by atoms with Crippen LogP contribution in [0.1, 0.15) is 34.6 Å². The summed E-state index contributed by atoms with van der Waals surface area (Å²) < 4.78 is 5.65. The summed E-state index contributed by atoms with van der Waals surface area (Å²) in [6, 6.07) is 14.3. The van der Waals surface area contributed by atoms with Crippen molar-refractivity contribution >= 4 is 34.5 Å². The number of carbonyl (C=O) groups excluding carboxylic acids is 3. The third kappa shape index (κ3) is 2.71. The minimum absolute atomic E-state index is 0.101. The molecule has 1 aromatic heterocycles. The van der Waals surface area contributed by atoms with E-state index in [4.69, 9.17) is 4.74 Å². The number of nitrogens with zero attached hydrogens (tertiary/aromatic N) is 4. The molecule has 8 nitrogen and oxygen atoms in total. The first-order valence-electron chi connectivity index (χ1n) is 10.0. The van der Waals surface area contributed by atoms with E-state index in [2.05, 4.69) is 9.97 Å². The number of carbonyl (C=O) groups is 3. The summed E-state index contributed by atoms with van der Waals surface area (Å²) in [6.45, 7) is 1.70. The molecule has 1 atom stereocenters. The fourth-order valence-electron chi connectivity index (χ4n) is 4.40. The Morgan fingerprint density at radius 2 is 1.74 bits per heavy atom. The van der Waals surface area contributed by atoms with Crippen molar-refractivity contribution in [2.75, 3.05) is 11.9 Å². The van der Waals surface area contributed by atoms with Crippen LogP contribution in [0.25, 0.3) is 11.0 Å². The van der Waals surface area contributed by atoms with E-state index in [9.17, 15) is 14.4 Å². The van der Waals surface area contributed by atoms with Gasteiger partial charge >= 0.3 is 5.97 Å². The summed E-state index contributed by atoms with van der Waals surface area (Å²) in [5.74, 6) is -1.19. The summed E-state index contributed by atoms with van der Waals surface area (Å²) >= 11 is 0. The Bertz CT molecular complexity index is 1260. The zero-order valence-electron chi connectivity index (χ0n) is 17.2. The highest BCUT2D eigenvalue weighted by Crippen LogP contribution is 2.44. The largest absolute Gasteiger partial charge is 0.456 e. The van der Waals surface area contributed by atoms with Crippen LogP contribution < -0.4 is 4.90 Å². The number of aromatic nitrogens is 2. The van der Waals surface area contributed by atoms with Crippen LogP contribution in [0.5, 0.6) is 0 Å². The number of fused-ring (bicyclic) bond motifs is 4. The molecular formula is C23H20N4O4. The molecule has 0 aliphatic carbocycles. The number of anilines is 1. The molecule has 5 rings (SSSR count). The first-order chi connectivity index (χ1) is 14.9. The number of rotatable bonds is 3. The minimum atomic E-state index is -1.50. The summed E-state index contributed by atoms with van der Waals surface area (Å²) in [7, 11) is 1.53. The van der Waals surface area contributed by atoms with E-state index in [-0.39, 0.29) is 31.3 Å². The van der Waals surface area contributed by atoms with Crippen LogP contribution in [0.15, 0.2) is 48.5 Å². The van der Waals surface area contributed by atoms with Gasteiger partial charge in [-0.2, -0.15) is 0 Å². The van der Waals surface area contributed by atoms with Gasteiger partial charge in [-0.15, -0.1) is 0 Å². The number of benzene rings is 2. The summed E-state index contributed by atoms with van der Waals surface area (Å²) in [4.78, 5) is 51.0. The number of hydrogen-bond donors (Lipinski definition) is 0. The van der Waals surface area contributed by atoms with Gasteiger partial charge in [0, 0.05) is 19.9 Å². The van der Waals surface area contributed by atoms with Crippen LogP contribution in [-0.2, 0) is 20.9 Å². The van der Waals surface area contributed by atoms with E-state index in [0.717, 1.165) is 5.52 Å². The Morgan fingerprint density at radius 3 is 2.52 bits per heavy atom. The van der Waals surface area contributed by atoms with Crippen molar-refractivity contribution in [2.24, 2.45) is 0 Å². The summed E-state index contributed by atoms with van der Waals surface area (Å²) in [5.41, 5.74) is 1.98. The van der Waals surface area contributed by atoms with Gasteiger partial charge < -0.3 is 9.64 Å². The van der Waals surface area contributed by atoms with Crippen molar-refractivity contribution in [3.63, 3.8) is 0 Å². The fraction of sp³-hybridized carbons (Fsp3) is 0.261. The van der Waals surface area contributed by atoms with Crippen molar-refractivity contribution in [3.8, 4) is 0 Å². The van der Waals surface area contributed by atoms with Gasteiger partial charge in [0.1, 0.15) is 6.61 Å². The molecule has 0 radical (unpaired) electrons. The highest BCUT2D eigenvalue weighted by Gasteiger charge is 2.60. The lowest BCUT2D eigenvalue weighted by Gasteiger charge is -2.46. The monoisotopic (exact) mass is 416 g/mol. The Hall–Kier alpha value is -3.81. The van der Waals surface area contributed by atoms with Crippen LogP contribution in [0.3, 0.4) is 0 Å². The van der Waals surface area contributed by atoms with Crippen molar-refractivity contribution in [3.05, 3.63) is 65.5 Å². The second-order valence-corrected chi connectivity index (χ2v) is 7.75. The molecule has 2 aliphatic heterocycles. The van der Waals surface area contributed by atoms with Crippen molar-refractivity contribution in [2.45, 2.75) is 32.0 Å². The first kappa shape index (κ1) is 19.2. The van der Waals surface area contributed by atoms with E-state index in [1.807, 2.05) is 24.3 Å². The van der Waals surface area contributed by atoms with E-state index in [1.165, 1.54) is 16.8 Å². The average Bonchev–Trinajstić information content (AvgIpc) is 3.14. The molecule has 1 unspecified atom stereocenters. The van der Waals surface area contributed by atoms with Crippen molar-refractivity contribution in [1.29, 1.82) is 0 Å². The molecule has 2 aromatic carbocycles. The molecule has 0 bridgehead atoms. The standard InChI is InChI=1S/C23H20N4O4/c1-14-18(25-17-9-5-4-8-16(17)24-14)13-31-22(30)23-12-11-20(28)27(23)19-10-6-3-7-15(19)21(29)26(23)2/h3-10H,11-13H2,1-2H3. The molecule has 3 aromatic rings. The third-order valence-corrected chi connectivity index (χ3v) is 6.05. The molecule has 0 N–H and O–H groups in total. The van der Waals surface area contributed by atoms with E-state index in [0.29, 0.717) is 28.2 Å². The second-order valence-electron chi connectivity index (χ2n) is 7.75. The Balaban J connectivity index is 1.49. The lowest BCUT2D eigenvalue weighted by molar-refractivity contribution is -0.158. The van der Waals surface area contributed by atoms with E-state index >= 15 is 0 Å². The van der Waals surface area contributed by atoms with E-state index < -0.39 is 11.6 Å². The van der Waals surface area contributed by atoms with Crippen molar-refractivity contribution < 1.29 is 19.1 Å². The Morgan fingerprint density at radius 1 is 1.06 bits per heavy atom. The second kappa shape index (κ2) is 6.87. The highest BCUT2D eigenvalue weighted by atomic mass is 16.5. The molecule has 0 spiro atoms. The van der Waals surface area contributed by atoms with Gasteiger partial charge in [0.25, 0.3) is 5.91 Å². The quantitative estimate of drug-likeness (QED) is 0.610. The SMILES string of the molecule is Cc1nc2ccccc2nc1COC(=O)C12CCC(=O)N1c1ccccc1C(=O)N2C. The molecular weight excluding hydrogens is 396 g/mol. The van der Waals surface area contributed by atoms with Crippen LogP contribution in [0, 0.1) is 6.92 Å². The highest BCUT2D eigenvalue weighted by molar-refractivity contribution is 6.15.